The molecule has 0 aliphatic rings. The van der Waals surface area contributed by atoms with Crippen molar-refractivity contribution in [2.24, 2.45) is 5.73 Å². The van der Waals surface area contributed by atoms with Gasteiger partial charge in [0.15, 0.2) is 5.37 Å². The number of carbonyl (C=O) groups is 2. The van der Waals surface area contributed by atoms with Gasteiger partial charge in [0.25, 0.3) is 0 Å². The molecule has 13 heavy (non-hydrogen) atoms. The lowest BCUT2D eigenvalue weighted by molar-refractivity contribution is -0.138. The predicted molar refractivity (Wildman–Crippen MR) is 51.3 cm³/mol. The highest BCUT2D eigenvalue weighted by molar-refractivity contribution is 8.01. The quantitative estimate of drug-likeness (QED) is 0.533. The summed E-state index contributed by atoms with van der Waals surface area (Å²) >= 11 is 1.16. The minimum atomic E-state index is -1.06. The number of nitrogens with one attached hydrogen (secondary N) is 1. The molecule has 6 heteroatoms. The van der Waals surface area contributed by atoms with Crippen LogP contribution in [0.1, 0.15) is 13.8 Å². The van der Waals surface area contributed by atoms with E-state index >= 15 is 0 Å². The first kappa shape index (κ1) is 12.2. The van der Waals surface area contributed by atoms with Crippen LogP contribution in [0.25, 0.3) is 0 Å². The summed E-state index contributed by atoms with van der Waals surface area (Å²) in [5.74, 6) is -1.51. The zero-order chi connectivity index (χ0) is 10.4. The van der Waals surface area contributed by atoms with Crippen LogP contribution in [0, 0.1) is 0 Å². The number of hydrogen-bond acceptors (Lipinski definition) is 4. The molecular formula is C7H14N2O3S. The van der Waals surface area contributed by atoms with E-state index in [9.17, 15) is 9.59 Å². The van der Waals surface area contributed by atoms with Gasteiger partial charge in [-0.05, 0) is 0 Å². The summed E-state index contributed by atoms with van der Waals surface area (Å²) in [6, 6.07) is 0. The summed E-state index contributed by atoms with van der Waals surface area (Å²) in [5, 5.41) is 10.2. The summed E-state index contributed by atoms with van der Waals surface area (Å²) in [5.41, 5.74) is 5.04. The fourth-order valence-corrected chi connectivity index (χ4v) is 1.49. The molecule has 5 nitrogen and oxygen atoms in total. The zero-order valence-corrected chi connectivity index (χ0v) is 8.43. The fourth-order valence-electron chi connectivity index (χ4n) is 0.631. The molecule has 0 aliphatic heterocycles. The standard InChI is InChI=1S/C7H14N2O3S/c1-4(2)13-6(7(11)12)9-5(10)3-8/h4,6H,3,8H2,1-2H3,(H,9,10)(H,11,12). The first-order chi connectivity index (χ1) is 5.97. The molecule has 0 aromatic carbocycles. The highest BCUT2D eigenvalue weighted by Crippen LogP contribution is 2.14. The number of aliphatic carboxylic acids is 1. The van der Waals surface area contributed by atoms with E-state index < -0.39 is 17.3 Å². The topological polar surface area (TPSA) is 92.4 Å². The van der Waals surface area contributed by atoms with Gasteiger partial charge in [-0.2, -0.15) is 0 Å². The van der Waals surface area contributed by atoms with Crippen LogP contribution in [0.2, 0.25) is 0 Å². The van der Waals surface area contributed by atoms with Crippen molar-refractivity contribution >= 4 is 23.6 Å². The van der Waals surface area contributed by atoms with Crippen molar-refractivity contribution < 1.29 is 14.7 Å². The lowest BCUT2D eigenvalue weighted by Crippen LogP contribution is -2.42. The molecule has 0 aliphatic carbocycles. The second kappa shape index (κ2) is 5.82. The van der Waals surface area contributed by atoms with Gasteiger partial charge in [-0.25, -0.2) is 4.79 Å². The summed E-state index contributed by atoms with van der Waals surface area (Å²) in [6.07, 6.45) is 0. The average Bonchev–Trinajstić information content (AvgIpc) is 2.02. The Labute approximate surface area is 81.1 Å². The van der Waals surface area contributed by atoms with E-state index in [1.807, 2.05) is 13.8 Å². The molecule has 1 atom stereocenters. The second-order valence-corrected chi connectivity index (χ2v) is 4.36. The molecule has 1 amide bonds. The minimum absolute atomic E-state index is 0.138. The smallest absolute Gasteiger partial charge is 0.336 e. The van der Waals surface area contributed by atoms with Crippen molar-refractivity contribution in [1.82, 2.24) is 5.32 Å². The third-order valence-corrected chi connectivity index (χ3v) is 2.25. The molecule has 0 saturated heterocycles. The van der Waals surface area contributed by atoms with Gasteiger partial charge < -0.3 is 16.2 Å². The molecule has 0 radical (unpaired) electrons. The molecule has 76 valence electrons. The molecule has 0 saturated carbocycles. The van der Waals surface area contributed by atoms with Gasteiger partial charge in [-0.1, -0.05) is 13.8 Å². The highest BCUT2D eigenvalue weighted by Gasteiger charge is 2.20. The predicted octanol–water partition coefficient (Wildman–Crippen LogP) is -0.386. The maximum Gasteiger partial charge on any atom is 0.336 e. The van der Waals surface area contributed by atoms with Crippen LogP contribution in [-0.2, 0) is 9.59 Å². The third kappa shape index (κ3) is 5.48. The molecule has 0 aromatic rings. The largest absolute Gasteiger partial charge is 0.479 e. The van der Waals surface area contributed by atoms with E-state index in [0.29, 0.717) is 0 Å². The van der Waals surface area contributed by atoms with Crippen LogP contribution < -0.4 is 11.1 Å². The maximum atomic E-state index is 10.8. The number of amides is 1. The lowest BCUT2D eigenvalue weighted by atomic mass is 10.5. The minimum Gasteiger partial charge on any atom is -0.479 e. The van der Waals surface area contributed by atoms with Crippen LogP contribution in [0.3, 0.4) is 0 Å². The summed E-state index contributed by atoms with van der Waals surface area (Å²) in [7, 11) is 0. The molecular weight excluding hydrogens is 192 g/mol. The molecule has 0 spiro atoms. The van der Waals surface area contributed by atoms with Gasteiger partial charge in [-0.15, -0.1) is 11.8 Å². The van der Waals surface area contributed by atoms with Crippen LogP contribution >= 0.6 is 11.8 Å². The van der Waals surface area contributed by atoms with Crippen molar-refractivity contribution in [2.75, 3.05) is 6.54 Å². The highest BCUT2D eigenvalue weighted by atomic mass is 32.2. The summed E-state index contributed by atoms with van der Waals surface area (Å²) < 4.78 is 0. The second-order valence-electron chi connectivity index (χ2n) is 2.67. The van der Waals surface area contributed by atoms with E-state index in [1.165, 1.54) is 0 Å². The molecule has 0 rings (SSSR count). The molecule has 0 bridgehead atoms. The van der Waals surface area contributed by atoms with Crippen LogP contribution in [-0.4, -0.2) is 34.2 Å². The van der Waals surface area contributed by atoms with Gasteiger partial charge in [0.2, 0.25) is 5.91 Å². The van der Waals surface area contributed by atoms with Crippen molar-refractivity contribution in [3.63, 3.8) is 0 Å². The molecule has 0 aromatic heterocycles. The first-order valence-electron chi connectivity index (χ1n) is 3.85. The van der Waals surface area contributed by atoms with Gasteiger partial charge >= 0.3 is 5.97 Å². The van der Waals surface area contributed by atoms with Gasteiger partial charge in [-0.3, -0.25) is 4.79 Å². The lowest BCUT2D eigenvalue weighted by Gasteiger charge is -2.15. The maximum absolute atomic E-state index is 10.8. The van der Waals surface area contributed by atoms with E-state index in [4.69, 9.17) is 10.8 Å². The zero-order valence-electron chi connectivity index (χ0n) is 7.61. The van der Waals surface area contributed by atoms with E-state index in [-0.39, 0.29) is 11.8 Å². The Kier molecular flexibility index (Phi) is 5.48. The fraction of sp³-hybridized carbons (Fsp3) is 0.714. The monoisotopic (exact) mass is 206 g/mol. The van der Waals surface area contributed by atoms with Crippen LogP contribution in [0.15, 0.2) is 0 Å². The van der Waals surface area contributed by atoms with Gasteiger partial charge in [0.1, 0.15) is 0 Å². The number of hydrogen-bond donors (Lipinski definition) is 3. The van der Waals surface area contributed by atoms with Crippen molar-refractivity contribution in [2.45, 2.75) is 24.5 Å². The number of carbonyl (C=O) groups excluding carboxylic acids is 1. The number of nitrogens with two attached hydrogens (primary N) is 1. The number of carboxylic acids is 1. The number of thioether (sulfide) groups is 1. The normalized spacial score (nSPS) is 12.6. The Hall–Kier alpha value is -0.750. The van der Waals surface area contributed by atoms with Crippen LogP contribution in [0.5, 0.6) is 0 Å². The summed E-state index contributed by atoms with van der Waals surface area (Å²) in [6.45, 7) is 3.52. The first-order valence-corrected chi connectivity index (χ1v) is 4.79. The third-order valence-electron chi connectivity index (χ3n) is 1.11. The molecule has 0 fully saturated rings. The van der Waals surface area contributed by atoms with Crippen LogP contribution in [0.4, 0.5) is 0 Å². The van der Waals surface area contributed by atoms with Gasteiger partial charge in [0, 0.05) is 5.25 Å². The average molecular weight is 206 g/mol. The van der Waals surface area contributed by atoms with E-state index in [1.54, 1.807) is 0 Å². The Morgan fingerprint density at radius 1 is 1.54 bits per heavy atom. The Bertz CT molecular complexity index is 196. The SMILES string of the molecule is CC(C)SC(NC(=O)CN)C(=O)O. The summed E-state index contributed by atoms with van der Waals surface area (Å²) in [4.78, 5) is 21.4. The number of rotatable bonds is 5. The molecule has 1 unspecified atom stereocenters. The van der Waals surface area contributed by atoms with Gasteiger partial charge in [0.05, 0.1) is 6.54 Å². The van der Waals surface area contributed by atoms with Crippen molar-refractivity contribution in [3.05, 3.63) is 0 Å². The Balaban J connectivity index is 4.10. The molecule has 4 N–H and O–H groups in total. The Morgan fingerprint density at radius 3 is 2.38 bits per heavy atom. The van der Waals surface area contributed by atoms with E-state index in [0.717, 1.165) is 11.8 Å². The van der Waals surface area contributed by atoms with Crippen molar-refractivity contribution in [1.29, 1.82) is 0 Å². The van der Waals surface area contributed by atoms with E-state index in [2.05, 4.69) is 5.32 Å². The van der Waals surface area contributed by atoms with Crippen molar-refractivity contribution in [3.8, 4) is 0 Å². The number of carboxylic acid groups (broad SMARTS) is 1. The molecule has 0 heterocycles. The Morgan fingerprint density at radius 2 is 2.08 bits per heavy atom.